The van der Waals surface area contributed by atoms with Gasteiger partial charge in [0.1, 0.15) is 4.88 Å². The van der Waals surface area contributed by atoms with Crippen molar-refractivity contribution in [3.8, 4) is 0 Å². The Balaban J connectivity index is 2.34. The Bertz CT molecular complexity index is 676. The van der Waals surface area contributed by atoms with Crippen molar-refractivity contribution in [3.63, 3.8) is 0 Å². The van der Waals surface area contributed by atoms with Gasteiger partial charge in [-0.25, -0.2) is 9.78 Å². The van der Waals surface area contributed by atoms with E-state index in [4.69, 9.17) is 4.74 Å². The van der Waals surface area contributed by atoms with E-state index in [1.807, 2.05) is 31.2 Å². The number of rotatable bonds is 5. The van der Waals surface area contributed by atoms with Gasteiger partial charge in [0.2, 0.25) is 0 Å². The van der Waals surface area contributed by atoms with E-state index in [1.54, 1.807) is 6.92 Å². The predicted octanol–water partition coefficient (Wildman–Crippen LogP) is 3.42. The molecular formula is C16H17NO3S. The minimum absolute atomic E-state index is 0.137. The number of Topliss-reactive ketones (excluding diaryl/α,β-unsaturated/α-hetero) is 1. The van der Waals surface area contributed by atoms with Crippen LogP contribution in [0.4, 0.5) is 0 Å². The SMILES string of the molecule is CCOC(=O)c1nc(Cc2ccccc2C)sc1C(C)=O. The smallest absolute Gasteiger partial charge is 0.358 e. The van der Waals surface area contributed by atoms with Gasteiger partial charge >= 0.3 is 5.97 Å². The molecule has 0 saturated heterocycles. The highest BCUT2D eigenvalue weighted by molar-refractivity contribution is 7.14. The molecule has 0 fully saturated rings. The summed E-state index contributed by atoms with van der Waals surface area (Å²) in [6, 6.07) is 8.00. The van der Waals surface area contributed by atoms with E-state index >= 15 is 0 Å². The molecule has 2 aromatic rings. The monoisotopic (exact) mass is 303 g/mol. The Kier molecular flexibility index (Phi) is 4.85. The Hall–Kier alpha value is -2.01. The molecule has 0 atom stereocenters. The Morgan fingerprint density at radius 1 is 1.29 bits per heavy atom. The highest BCUT2D eigenvalue weighted by Crippen LogP contribution is 2.23. The molecule has 0 radical (unpaired) electrons. The number of aryl methyl sites for hydroxylation is 1. The first kappa shape index (κ1) is 15.4. The Labute approximate surface area is 127 Å². The lowest BCUT2D eigenvalue weighted by molar-refractivity contribution is 0.0517. The number of esters is 1. The maximum Gasteiger partial charge on any atom is 0.358 e. The molecule has 0 aliphatic carbocycles. The van der Waals surface area contributed by atoms with Crippen LogP contribution in [0.1, 0.15) is 50.1 Å². The van der Waals surface area contributed by atoms with Crippen molar-refractivity contribution in [2.45, 2.75) is 27.2 Å². The number of carbonyl (C=O) groups is 2. The molecule has 0 unspecified atom stereocenters. The molecule has 1 heterocycles. The number of benzene rings is 1. The number of nitrogens with zero attached hydrogens (tertiary/aromatic N) is 1. The molecule has 0 saturated carbocycles. The summed E-state index contributed by atoms with van der Waals surface area (Å²) < 4.78 is 4.96. The molecule has 5 heteroatoms. The highest BCUT2D eigenvalue weighted by atomic mass is 32.1. The zero-order chi connectivity index (χ0) is 15.4. The van der Waals surface area contributed by atoms with Crippen LogP contribution in [0.5, 0.6) is 0 Å². The zero-order valence-corrected chi connectivity index (χ0v) is 13.1. The van der Waals surface area contributed by atoms with Gasteiger partial charge in [0.05, 0.1) is 11.6 Å². The number of thiazole rings is 1. The fourth-order valence-corrected chi connectivity index (χ4v) is 2.96. The third-order valence-electron chi connectivity index (χ3n) is 3.06. The number of aromatic nitrogens is 1. The fourth-order valence-electron chi connectivity index (χ4n) is 1.99. The minimum atomic E-state index is -0.532. The zero-order valence-electron chi connectivity index (χ0n) is 12.3. The Morgan fingerprint density at radius 3 is 2.62 bits per heavy atom. The number of hydrogen-bond acceptors (Lipinski definition) is 5. The molecule has 0 N–H and O–H groups in total. The average molecular weight is 303 g/mol. The maximum atomic E-state index is 11.9. The van der Waals surface area contributed by atoms with E-state index in [-0.39, 0.29) is 18.1 Å². The molecule has 2 rings (SSSR count). The fraction of sp³-hybridized carbons (Fsp3) is 0.312. The second-order valence-electron chi connectivity index (χ2n) is 4.67. The summed E-state index contributed by atoms with van der Waals surface area (Å²) in [5, 5.41) is 0.748. The first-order valence-corrected chi connectivity index (χ1v) is 7.56. The first-order chi connectivity index (χ1) is 10.0. The van der Waals surface area contributed by atoms with E-state index in [2.05, 4.69) is 4.98 Å². The van der Waals surface area contributed by atoms with Gasteiger partial charge in [-0.3, -0.25) is 4.79 Å². The molecular weight excluding hydrogens is 286 g/mol. The van der Waals surface area contributed by atoms with Gasteiger partial charge < -0.3 is 4.74 Å². The predicted molar refractivity (Wildman–Crippen MR) is 82.1 cm³/mol. The summed E-state index contributed by atoms with van der Waals surface area (Å²) in [5.41, 5.74) is 2.43. The van der Waals surface area contributed by atoms with Gasteiger partial charge in [-0.05, 0) is 25.0 Å². The molecule has 21 heavy (non-hydrogen) atoms. The van der Waals surface area contributed by atoms with Crippen molar-refractivity contribution in [2.24, 2.45) is 0 Å². The van der Waals surface area contributed by atoms with Gasteiger partial charge in [0.15, 0.2) is 11.5 Å². The molecule has 0 amide bonds. The van der Waals surface area contributed by atoms with Crippen molar-refractivity contribution >= 4 is 23.1 Å². The quantitative estimate of drug-likeness (QED) is 0.627. The third-order valence-corrected chi connectivity index (χ3v) is 4.22. The second-order valence-corrected chi connectivity index (χ2v) is 5.75. The largest absolute Gasteiger partial charge is 0.461 e. The van der Waals surface area contributed by atoms with Crippen LogP contribution in [0.15, 0.2) is 24.3 Å². The van der Waals surface area contributed by atoms with Crippen LogP contribution in [0.2, 0.25) is 0 Å². The van der Waals surface area contributed by atoms with Crippen LogP contribution in [-0.4, -0.2) is 23.3 Å². The number of ether oxygens (including phenoxy) is 1. The summed E-state index contributed by atoms with van der Waals surface area (Å²) in [7, 11) is 0. The van der Waals surface area contributed by atoms with Crippen LogP contribution in [0.25, 0.3) is 0 Å². The number of hydrogen-bond donors (Lipinski definition) is 0. The van der Waals surface area contributed by atoms with Gasteiger partial charge in [0.25, 0.3) is 0 Å². The summed E-state index contributed by atoms with van der Waals surface area (Å²) in [6.45, 7) is 5.46. The lowest BCUT2D eigenvalue weighted by Gasteiger charge is -2.02. The number of ketones is 1. The van der Waals surface area contributed by atoms with Crippen molar-refractivity contribution in [1.82, 2.24) is 4.98 Å². The second kappa shape index (κ2) is 6.63. The van der Waals surface area contributed by atoms with Crippen molar-refractivity contribution in [2.75, 3.05) is 6.61 Å². The summed E-state index contributed by atoms with van der Waals surface area (Å²) in [4.78, 5) is 28.2. The average Bonchev–Trinajstić information content (AvgIpc) is 2.86. The molecule has 0 bridgehead atoms. The van der Waals surface area contributed by atoms with Crippen molar-refractivity contribution in [3.05, 3.63) is 51.0 Å². The van der Waals surface area contributed by atoms with E-state index in [9.17, 15) is 9.59 Å². The minimum Gasteiger partial charge on any atom is -0.461 e. The van der Waals surface area contributed by atoms with Crippen LogP contribution < -0.4 is 0 Å². The van der Waals surface area contributed by atoms with Crippen LogP contribution >= 0.6 is 11.3 Å². The lowest BCUT2D eigenvalue weighted by atomic mass is 10.1. The van der Waals surface area contributed by atoms with E-state index in [1.165, 1.54) is 18.3 Å². The van der Waals surface area contributed by atoms with Crippen LogP contribution in [-0.2, 0) is 11.2 Å². The van der Waals surface area contributed by atoms with Crippen LogP contribution in [0, 0.1) is 6.92 Å². The molecule has 4 nitrogen and oxygen atoms in total. The summed E-state index contributed by atoms with van der Waals surface area (Å²) >= 11 is 1.26. The van der Waals surface area contributed by atoms with E-state index in [0.717, 1.165) is 16.1 Å². The summed E-state index contributed by atoms with van der Waals surface area (Å²) in [5.74, 6) is -0.693. The highest BCUT2D eigenvalue weighted by Gasteiger charge is 2.22. The van der Waals surface area contributed by atoms with Gasteiger partial charge in [0, 0.05) is 13.3 Å². The topological polar surface area (TPSA) is 56.3 Å². The molecule has 1 aromatic carbocycles. The van der Waals surface area contributed by atoms with Crippen molar-refractivity contribution in [1.29, 1.82) is 0 Å². The first-order valence-electron chi connectivity index (χ1n) is 6.75. The molecule has 0 aliphatic heterocycles. The van der Waals surface area contributed by atoms with E-state index < -0.39 is 5.97 Å². The molecule has 0 aliphatic rings. The third kappa shape index (κ3) is 3.55. The maximum absolute atomic E-state index is 11.9. The standard InChI is InChI=1S/C16H17NO3S/c1-4-20-16(19)14-15(11(3)18)21-13(17-14)9-12-8-6-5-7-10(12)2/h5-8H,4,9H2,1-3H3. The van der Waals surface area contributed by atoms with Crippen molar-refractivity contribution < 1.29 is 14.3 Å². The number of carbonyl (C=O) groups excluding carboxylic acids is 2. The van der Waals surface area contributed by atoms with Crippen LogP contribution in [0.3, 0.4) is 0 Å². The molecule has 110 valence electrons. The molecule has 1 aromatic heterocycles. The van der Waals surface area contributed by atoms with Gasteiger partial charge in [-0.2, -0.15) is 0 Å². The lowest BCUT2D eigenvalue weighted by Crippen LogP contribution is -2.09. The van der Waals surface area contributed by atoms with Gasteiger partial charge in [-0.1, -0.05) is 24.3 Å². The van der Waals surface area contributed by atoms with Gasteiger partial charge in [-0.15, -0.1) is 11.3 Å². The normalized spacial score (nSPS) is 10.4. The van der Waals surface area contributed by atoms with E-state index in [0.29, 0.717) is 11.3 Å². The molecule has 0 spiro atoms. The summed E-state index contributed by atoms with van der Waals surface area (Å²) in [6.07, 6.45) is 0.608. The Morgan fingerprint density at radius 2 is 2.00 bits per heavy atom.